The van der Waals surface area contributed by atoms with Crippen molar-refractivity contribution in [2.75, 3.05) is 13.1 Å². The Hall–Kier alpha value is -1.59. The van der Waals surface area contributed by atoms with Gasteiger partial charge in [0.05, 0.1) is 11.1 Å². The lowest BCUT2D eigenvalue weighted by Gasteiger charge is -2.21. The van der Waals surface area contributed by atoms with Gasteiger partial charge in [0.25, 0.3) is 5.91 Å². The number of hydrogen-bond acceptors (Lipinski definition) is 1. The molecule has 1 aromatic rings. The number of benzene rings is 1. The minimum atomic E-state index is -4.80. The first-order valence-corrected chi connectivity index (χ1v) is 6.47. The van der Waals surface area contributed by atoms with E-state index in [2.05, 4.69) is 0 Å². The van der Waals surface area contributed by atoms with E-state index in [0.717, 1.165) is 25.0 Å². The van der Waals surface area contributed by atoms with Gasteiger partial charge in [-0.25, -0.2) is 4.39 Å². The monoisotopic (exact) mass is 291 g/mol. The van der Waals surface area contributed by atoms with Crippen molar-refractivity contribution in [2.24, 2.45) is 0 Å². The van der Waals surface area contributed by atoms with Crippen LogP contribution in [0, 0.1) is 5.82 Å². The van der Waals surface area contributed by atoms with Crippen LogP contribution in [0.15, 0.2) is 18.2 Å². The van der Waals surface area contributed by atoms with Gasteiger partial charge < -0.3 is 4.90 Å². The predicted molar refractivity (Wildman–Crippen MR) is 67.9 cm³/mol. The standard InChI is InChI=1S/C14H17F4NO/c1-3-5-9-19(4-2)13(20)10-7-6-8-11(12(10)15)14(16,17)18/h6-8H,3-5,9H2,1-2H3. The molecular weight excluding hydrogens is 274 g/mol. The first kappa shape index (κ1) is 16.5. The summed E-state index contributed by atoms with van der Waals surface area (Å²) in [6.45, 7) is 4.37. The number of nitrogens with zero attached hydrogens (tertiary/aromatic N) is 1. The summed E-state index contributed by atoms with van der Waals surface area (Å²) in [5, 5.41) is 0. The van der Waals surface area contributed by atoms with Crippen LogP contribution in [0.25, 0.3) is 0 Å². The Morgan fingerprint density at radius 1 is 1.25 bits per heavy atom. The molecule has 1 aromatic carbocycles. The Bertz CT molecular complexity index is 471. The molecule has 0 N–H and O–H groups in total. The van der Waals surface area contributed by atoms with Crippen LogP contribution in [-0.2, 0) is 6.18 Å². The van der Waals surface area contributed by atoms with Crippen molar-refractivity contribution in [1.82, 2.24) is 4.90 Å². The van der Waals surface area contributed by atoms with Gasteiger partial charge in [-0.15, -0.1) is 0 Å². The Morgan fingerprint density at radius 3 is 2.40 bits per heavy atom. The fourth-order valence-electron chi connectivity index (χ4n) is 1.84. The van der Waals surface area contributed by atoms with Crippen LogP contribution < -0.4 is 0 Å². The molecule has 2 nitrogen and oxygen atoms in total. The zero-order valence-electron chi connectivity index (χ0n) is 11.4. The molecule has 0 atom stereocenters. The van der Waals surface area contributed by atoms with Crippen LogP contribution in [0.1, 0.15) is 42.6 Å². The van der Waals surface area contributed by atoms with Crippen LogP contribution in [-0.4, -0.2) is 23.9 Å². The van der Waals surface area contributed by atoms with Crippen molar-refractivity contribution in [1.29, 1.82) is 0 Å². The van der Waals surface area contributed by atoms with Gasteiger partial charge in [0, 0.05) is 13.1 Å². The number of halogens is 4. The summed E-state index contributed by atoms with van der Waals surface area (Å²) in [5.74, 6) is -2.20. The van der Waals surface area contributed by atoms with Gasteiger partial charge in [0.1, 0.15) is 5.82 Å². The highest BCUT2D eigenvalue weighted by atomic mass is 19.4. The number of amides is 1. The average molecular weight is 291 g/mol. The molecule has 20 heavy (non-hydrogen) atoms. The van der Waals surface area contributed by atoms with E-state index in [4.69, 9.17) is 0 Å². The van der Waals surface area contributed by atoms with Crippen molar-refractivity contribution in [3.05, 3.63) is 35.1 Å². The van der Waals surface area contributed by atoms with Gasteiger partial charge in [-0.05, 0) is 25.5 Å². The molecule has 112 valence electrons. The van der Waals surface area contributed by atoms with E-state index in [1.807, 2.05) is 6.92 Å². The fourth-order valence-corrected chi connectivity index (χ4v) is 1.84. The molecule has 0 fully saturated rings. The van der Waals surface area contributed by atoms with Gasteiger partial charge in [0.2, 0.25) is 0 Å². The largest absolute Gasteiger partial charge is 0.419 e. The number of alkyl halides is 3. The summed E-state index contributed by atoms with van der Waals surface area (Å²) in [6.07, 6.45) is -3.24. The molecule has 1 amide bonds. The highest BCUT2D eigenvalue weighted by Gasteiger charge is 2.36. The number of carbonyl (C=O) groups excluding carboxylic acids is 1. The summed E-state index contributed by atoms with van der Waals surface area (Å²) in [7, 11) is 0. The summed E-state index contributed by atoms with van der Waals surface area (Å²) in [5.41, 5.74) is -1.94. The zero-order chi connectivity index (χ0) is 15.3. The normalized spacial score (nSPS) is 11.5. The minimum absolute atomic E-state index is 0.328. The topological polar surface area (TPSA) is 20.3 Å². The Kier molecular flexibility index (Phi) is 5.53. The molecule has 0 bridgehead atoms. The zero-order valence-corrected chi connectivity index (χ0v) is 11.4. The molecule has 0 aliphatic rings. The maximum absolute atomic E-state index is 13.9. The summed E-state index contributed by atoms with van der Waals surface area (Å²) in [6, 6.07) is 2.77. The van der Waals surface area contributed by atoms with Gasteiger partial charge >= 0.3 is 6.18 Å². The highest BCUT2D eigenvalue weighted by Crippen LogP contribution is 2.32. The minimum Gasteiger partial charge on any atom is -0.339 e. The van der Waals surface area contributed by atoms with E-state index in [9.17, 15) is 22.4 Å². The molecule has 0 aromatic heterocycles. The fraction of sp³-hybridized carbons (Fsp3) is 0.500. The molecule has 6 heteroatoms. The van der Waals surface area contributed by atoms with Crippen LogP contribution in [0.2, 0.25) is 0 Å². The molecule has 0 aliphatic heterocycles. The number of hydrogen-bond donors (Lipinski definition) is 0. The quantitative estimate of drug-likeness (QED) is 0.748. The van der Waals surface area contributed by atoms with Gasteiger partial charge in [-0.2, -0.15) is 13.2 Å². The molecule has 0 unspecified atom stereocenters. The molecule has 1 rings (SSSR count). The van der Waals surface area contributed by atoms with Crippen molar-refractivity contribution in [2.45, 2.75) is 32.9 Å². The van der Waals surface area contributed by atoms with Gasteiger partial charge in [-0.3, -0.25) is 4.79 Å². The second-order valence-corrected chi connectivity index (χ2v) is 4.40. The summed E-state index contributed by atoms with van der Waals surface area (Å²) < 4.78 is 51.7. The van der Waals surface area contributed by atoms with Gasteiger partial charge in [0.15, 0.2) is 0 Å². The smallest absolute Gasteiger partial charge is 0.339 e. The van der Waals surface area contributed by atoms with Crippen LogP contribution in [0.4, 0.5) is 17.6 Å². The Morgan fingerprint density at radius 2 is 1.90 bits per heavy atom. The summed E-state index contributed by atoms with van der Waals surface area (Å²) >= 11 is 0. The van der Waals surface area contributed by atoms with E-state index in [-0.39, 0.29) is 0 Å². The Balaban J connectivity index is 3.10. The molecule has 0 aliphatic carbocycles. The number of rotatable bonds is 5. The lowest BCUT2D eigenvalue weighted by Crippen LogP contribution is -2.32. The SMILES string of the molecule is CCCCN(CC)C(=O)c1cccc(C(F)(F)F)c1F. The van der Waals surface area contributed by atoms with Crippen LogP contribution in [0.3, 0.4) is 0 Å². The molecule has 0 saturated carbocycles. The third-order valence-electron chi connectivity index (χ3n) is 2.99. The van der Waals surface area contributed by atoms with E-state index in [1.165, 1.54) is 4.90 Å². The molecular formula is C14H17F4NO. The summed E-state index contributed by atoms with van der Waals surface area (Å²) in [4.78, 5) is 13.4. The lowest BCUT2D eigenvalue weighted by atomic mass is 10.1. The average Bonchev–Trinajstić information content (AvgIpc) is 2.38. The van der Waals surface area contributed by atoms with E-state index >= 15 is 0 Å². The molecule has 0 saturated heterocycles. The van der Waals surface area contributed by atoms with E-state index in [0.29, 0.717) is 19.2 Å². The van der Waals surface area contributed by atoms with Gasteiger partial charge in [-0.1, -0.05) is 19.4 Å². The molecule has 0 radical (unpaired) electrons. The predicted octanol–water partition coefficient (Wildman–Crippen LogP) is 4.11. The third kappa shape index (κ3) is 3.71. The number of carbonyl (C=O) groups is 1. The first-order valence-electron chi connectivity index (χ1n) is 6.47. The Labute approximate surface area is 115 Å². The second kappa shape index (κ2) is 6.72. The third-order valence-corrected chi connectivity index (χ3v) is 2.99. The van der Waals surface area contributed by atoms with Crippen LogP contribution >= 0.6 is 0 Å². The van der Waals surface area contributed by atoms with Crippen molar-refractivity contribution in [3.8, 4) is 0 Å². The number of unbranched alkanes of at least 4 members (excludes halogenated alkanes) is 1. The van der Waals surface area contributed by atoms with Crippen molar-refractivity contribution in [3.63, 3.8) is 0 Å². The maximum atomic E-state index is 13.9. The van der Waals surface area contributed by atoms with Crippen molar-refractivity contribution < 1.29 is 22.4 Å². The lowest BCUT2D eigenvalue weighted by molar-refractivity contribution is -0.140. The molecule has 0 spiro atoms. The van der Waals surface area contributed by atoms with E-state index < -0.39 is 29.0 Å². The maximum Gasteiger partial charge on any atom is 0.419 e. The molecule has 0 heterocycles. The first-order chi connectivity index (χ1) is 9.32. The van der Waals surface area contributed by atoms with Crippen LogP contribution in [0.5, 0.6) is 0 Å². The van der Waals surface area contributed by atoms with Crippen molar-refractivity contribution >= 4 is 5.91 Å². The second-order valence-electron chi connectivity index (χ2n) is 4.40. The van der Waals surface area contributed by atoms with E-state index in [1.54, 1.807) is 6.92 Å². The highest BCUT2D eigenvalue weighted by molar-refractivity contribution is 5.94.